The van der Waals surface area contributed by atoms with Crippen LogP contribution in [-0.4, -0.2) is 30.0 Å². The molecule has 6 heteroatoms. The molecule has 0 saturated heterocycles. The van der Waals surface area contributed by atoms with E-state index in [1.165, 1.54) is 0 Å². The average molecular weight is 378 g/mol. The lowest BCUT2D eigenvalue weighted by Crippen LogP contribution is -2.61. The van der Waals surface area contributed by atoms with Crippen LogP contribution in [0.3, 0.4) is 0 Å². The third-order valence-corrected chi connectivity index (χ3v) is 5.74. The van der Waals surface area contributed by atoms with E-state index in [0.29, 0.717) is 0 Å². The van der Waals surface area contributed by atoms with Crippen LogP contribution in [0.2, 0.25) is 0 Å². The van der Waals surface area contributed by atoms with Gasteiger partial charge in [0.05, 0.1) is 11.5 Å². The van der Waals surface area contributed by atoms with Crippen molar-refractivity contribution in [3.05, 3.63) is 59.7 Å². The molecule has 1 amide bonds. The topological polar surface area (TPSA) is 95.5 Å². The van der Waals surface area contributed by atoms with Crippen LogP contribution in [0, 0.1) is 0 Å². The van der Waals surface area contributed by atoms with E-state index in [2.05, 4.69) is 5.32 Å². The molecule has 1 N–H and O–H groups in total. The first-order valence-electron chi connectivity index (χ1n) is 9.36. The minimum atomic E-state index is -1.55. The van der Waals surface area contributed by atoms with Crippen molar-refractivity contribution in [3.63, 3.8) is 0 Å². The lowest BCUT2D eigenvalue weighted by molar-refractivity contribution is -0.315. The number of amides is 1. The van der Waals surface area contributed by atoms with E-state index in [0.717, 1.165) is 22.3 Å². The summed E-state index contributed by atoms with van der Waals surface area (Å²) in [6.07, 6.45) is -0.535. The van der Waals surface area contributed by atoms with E-state index >= 15 is 0 Å². The first-order chi connectivity index (χ1) is 13.5. The Bertz CT molecular complexity index is 896. The van der Waals surface area contributed by atoms with Gasteiger partial charge < -0.3 is 20.0 Å². The smallest absolute Gasteiger partial charge is 0.407 e. The zero-order valence-corrected chi connectivity index (χ0v) is 15.3. The Balaban J connectivity index is 1.48. The van der Waals surface area contributed by atoms with Crippen molar-refractivity contribution in [2.75, 3.05) is 6.61 Å². The molecule has 0 heterocycles. The van der Waals surface area contributed by atoms with Crippen LogP contribution < -0.4 is 10.4 Å². The number of hydrogen-bond acceptors (Lipinski definition) is 5. The molecule has 28 heavy (non-hydrogen) atoms. The third kappa shape index (κ3) is 3.15. The Kier molecular flexibility index (Phi) is 4.63. The maximum Gasteiger partial charge on any atom is 0.407 e. The number of ketones is 1. The van der Waals surface area contributed by atoms with E-state index in [1.807, 2.05) is 48.5 Å². The molecule has 0 atom stereocenters. The number of fused-ring (bicyclic) bond motifs is 3. The molecule has 1 fully saturated rings. The first-order valence-corrected chi connectivity index (χ1v) is 9.36. The zero-order chi connectivity index (χ0) is 19.7. The van der Waals surface area contributed by atoms with Crippen molar-refractivity contribution in [2.24, 2.45) is 0 Å². The second-order valence-electron chi connectivity index (χ2n) is 7.36. The molecule has 0 aromatic heterocycles. The van der Waals surface area contributed by atoms with Gasteiger partial charge in [0.2, 0.25) is 0 Å². The van der Waals surface area contributed by atoms with Gasteiger partial charge in [-0.1, -0.05) is 48.5 Å². The van der Waals surface area contributed by atoms with Crippen LogP contribution in [0.4, 0.5) is 4.79 Å². The average Bonchev–Trinajstić information content (AvgIpc) is 3.02. The van der Waals surface area contributed by atoms with Crippen molar-refractivity contribution in [3.8, 4) is 11.1 Å². The highest BCUT2D eigenvalue weighted by molar-refractivity contribution is 5.88. The van der Waals surface area contributed by atoms with Gasteiger partial charge in [-0.3, -0.25) is 4.79 Å². The quantitative estimate of drug-likeness (QED) is 0.880. The molecular weight excluding hydrogens is 358 g/mol. The number of alkyl carbamates (subject to hydrolysis) is 1. The number of benzene rings is 2. The number of nitrogens with one attached hydrogen (secondary N) is 1. The molecule has 0 radical (unpaired) electrons. The number of carbonyl (C=O) groups excluding carboxylic acids is 3. The molecule has 0 bridgehead atoms. The van der Waals surface area contributed by atoms with E-state index in [1.54, 1.807) is 0 Å². The maximum atomic E-state index is 12.4. The van der Waals surface area contributed by atoms with Crippen LogP contribution >= 0.6 is 0 Å². The summed E-state index contributed by atoms with van der Waals surface area (Å²) in [5.41, 5.74) is 2.84. The minimum Gasteiger partial charge on any atom is -0.548 e. The molecule has 2 aliphatic rings. The summed E-state index contributed by atoms with van der Waals surface area (Å²) in [6.45, 7) is 0.0991. The fraction of sp³-hybridized carbons (Fsp3) is 0.318. The highest BCUT2D eigenvalue weighted by Crippen LogP contribution is 2.44. The number of carbonyl (C=O) groups is 3. The van der Waals surface area contributed by atoms with Crippen molar-refractivity contribution in [1.29, 1.82) is 0 Å². The zero-order valence-electron chi connectivity index (χ0n) is 15.3. The van der Waals surface area contributed by atoms with Gasteiger partial charge in [-0.05, 0) is 35.1 Å². The van der Waals surface area contributed by atoms with Crippen LogP contribution in [0.1, 0.15) is 42.7 Å². The lowest BCUT2D eigenvalue weighted by atomic mass is 9.81. The van der Waals surface area contributed by atoms with Crippen LogP contribution in [0.15, 0.2) is 48.5 Å². The number of carboxylic acids is 1. The Morgan fingerprint density at radius 2 is 1.54 bits per heavy atom. The SMILES string of the molecule is O=C1CCC(NC(=O)OCC2c3ccccc3-c3ccccc32)(C(=O)[O-])CC1. The Morgan fingerprint density at radius 1 is 1.00 bits per heavy atom. The van der Waals surface area contributed by atoms with Gasteiger partial charge in [-0.15, -0.1) is 0 Å². The highest BCUT2D eigenvalue weighted by Gasteiger charge is 2.38. The number of aliphatic carboxylic acids is 1. The fourth-order valence-corrected chi connectivity index (χ4v) is 4.17. The molecule has 2 aromatic rings. The van der Waals surface area contributed by atoms with Crippen molar-refractivity contribution < 1.29 is 24.2 Å². The summed E-state index contributed by atoms with van der Waals surface area (Å²) >= 11 is 0. The Morgan fingerprint density at radius 3 is 2.07 bits per heavy atom. The molecule has 2 aliphatic carbocycles. The molecule has 0 spiro atoms. The first kappa shape index (κ1) is 18.2. The predicted molar refractivity (Wildman–Crippen MR) is 99.4 cm³/mol. The largest absolute Gasteiger partial charge is 0.548 e. The number of hydrogen-bond donors (Lipinski definition) is 1. The Hall–Kier alpha value is -3.15. The minimum absolute atomic E-state index is 0.00814. The number of ether oxygens (including phenoxy) is 1. The summed E-state index contributed by atoms with van der Waals surface area (Å²) in [6, 6.07) is 15.9. The van der Waals surface area contributed by atoms with Gasteiger partial charge in [0.15, 0.2) is 0 Å². The van der Waals surface area contributed by atoms with Crippen LogP contribution in [0.25, 0.3) is 11.1 Å². The molecule has 4 rings (SSSR count). The summed E-state index contributed by atoms with van der Waals surface area (Å²) in [5.74, 6) is -1.50. The van der Waals surface area contributed by atoms with E-state index in [-0.39, 0.29) is 44.0 Å². The summed E-state index contributed by atoms with van der Waals surface area (Å²) in [7, 11) is 0. The van der Waals surface area contributed by atoms with Gasteiger partial charge in [0.1, 0.15) is 12.4 Å². The van der Waals surface area contributed by atoms with Gasteiger partial charge >= 0.3 is 6.09 Å². The van der Waals surface area contributed by atoms with Gasteiger partial charge in [0, 0.05) is 18.8 Å². The molecule has 0 unspecified atom stereocenters. The van der Waals surface area contributed by atoms with Crippen molar-refractivity contribution in [2.45, 2.75) is 37.1 Å². The molecule has 0 aliphatic heterocycles. The second kappa shape index (κ2) is 7.11. The van der Waals surface area contributed by atoms with Gasteiger partial charge in [-0.25, -0.2) is 4.79 Å². The van der Waals surface area contributed by atoms with Crippen LogP contribution in [-0.2, 0) is 14.3 Å². The molecule has 6 nitrogen and oxygen atoms in total. The van der Waals surface area contributed by atoms with Crippen LogP contribution in [0.5, 0.6) is 0 Å². The highest BCUT2D eigenvalue weighted by atomic mass is 16.5. The molecule has 2 aromatic carbocycles. The summed E-state index contributed by atoms with van der Waals surface area (Å²) in [5, 5.41) is 14.1. The normalized spacial score (nSPS) is 17.5. The monoisotopic (exact) mass is 378 g/mol. The van der Waals surface area contributed by atoms with Crippen molar-refractivity contribution in [1.82, 2.24) is 5.32 Å². The predicted octanol–water partition coefficient (Wildman–Crippen LogP) is 2.16. The maximum absolute atomic E-state index is 12.4. The van der Waals surface area contributed by atoms with Crippen molar-refractivity contribution >= 4 is 17.8 Å². The summed E-state index contributed by atoms with van der Waals surface area (Å²) in [4.78, 5) is 35.4. The fourth-order valence-electron chi connectivity index (χ4n) is 4.17. The number of Topliss-reactive ketones (excluding diaryl/α,β-unsaturated/α-hetero) is 1. The Labute approximate surface area is 162 Å². The third-order valence-electron chi connectivity index (χ3n) is 5.74. The molecule has 144 valence electrons. The van der Waals surface area contributed by atoms with E-state index < -0.39 is 17.6 Å². The lowest BCUT2D eigenvalue weighted by Gasteiger charge is -2.37. The number of carboxylic acid groups (broad SMARTS) is 1. The number of rotatable bonds is 4. The van der Waals surface area contributed by atoms with Gasteiger partial charge in [0.25, 0.3) is 0 Å². The second-order valence-corrected chi connectivity index (χ2v) is 7.36. The summed E-state index contributed by atoms with van der Waals surface area (Å²) < 4.78 is 5.42. The van der Waals surface area contributed by atoms with E-state index in [4.69, 9.17) is 4.74 Å². The standard InChI is InChI=1S/C22H21NO5/c24-14-9-11-22(12-10-14,20(25)26)23-21(27)28-13-19-17-7-3-1-5-15(17)16-6-2-4-8-18(16)19/h1-8,19H,9-13H2,(H,23,27)(H,25,26)/p-1. The van der Waals surface area contributed by atoms with E-state index in [9.17, 15) is 19.5 Å². The molecule has 1 saturated carbocycles. The van der Waals surface area contributed by atoms with Gasteiger partial charge in [-0.2, -0.15) is 0 Å². The molecular formula is C22H20NO5-.